The van der Waals surface area contributed by atoms with E-state index >= 15 is 0 Å². The second kappa shape index (κ2) is 6.23. The molecule has 3 aromatic rings. The summed E-state index contributed by atoms with van der Waals surface area (Å²) in [5, 5.41) is 23.8. The van der Waals surface area contributed by atoms with Crippen molar-refractivity contribution >= 4 is 44.6 Å². The zero-order valence-electron chi connectivity index (χ0n) is 12.1. The van der Waals surface area contributed by atoms with Crippen LogP contribution in [0.4, 0.5) is 16.0 Å². The number of hydrogen-bond acceptors (Lipinski definition) is 7. The number of hydrogen-bond donors (Lipinski definition) is 5. The smallest absolute Gasteiger partial charge is 0.192 e. The maximum Gasteiger partial charge on any atom is 0.192 e. The van der Waals surface area contributed by atoms with E-state index in [1.807, 2.05) is 6.92 Å². The van der Waals surface area contributed by atoms with Gasteiger partial charge < -0.3 is 21.5 Å². The molecule has 0 aliphatic heterocycles. The summed E-state index contributed by atoms with van der Waals surface area (Å²) in [4.78, 5) is 10.7. The van der Waals surface area contributed by atoms with Crippen molar-refractivity contribution in [2.75, 3.05) is 10.6 Å². The van der Waals surface area contributed by atoms with Crippen LogP contribution in [0.15, 0.2) is 30.5 Å². The van der Waals surface area contributed by atoms with Crippen molar-refractivity contribution in [3.05, 3.63) is 36.2 Å². The molecule has 0 saturated heterocycles. The van der Waals surface area contributed by atoms with Gasteiger partial charge in [-0.2, -0.15) is 0 Å². The number of aryl methyl sites for hydroxylation is 1. The van der Waals surface area contributed by atoms with Crippen LogP contribution in [0, 0.1) is 12.3 Å². The molecule has 2 heterocycles. The van der Waals surface area contributed by atoms with E-state index in [0.29, 0.717) is 5.13 Å². The fourth-order valence-corrected chi connectivity index (χ4v) is 3.86. The molecule has 1 aromatic carbocycles. The average Bonchev–Trinajstić information content (AvgIpc) is 3.07. The van der Waals surface area contributed by atoms with Gasteiger partial charge in [0, 0.05) is 11.9 Å². The summed E-state index contributed by atoms with van der Waals surface area (Å²) in [7, 11) is 0. The molecule has 118 valence electrons. The van der Waals surface area contributed by atoms with E-state index in [1.54, 1.807) is 30.5 Å². The molecule has 0 aliphatic carbocycles. The molecule has 3 rings (SSSR count). The fourth-order valence-electron chi connectivity index (χ4n) is 1.90. The second-order valence-electron chi connectivity index (χ2n) is 4.67. The number of anilines is 3. The lowest BCUT2D eigenvalue weighted by Crippen LogP contribution is -2.20. The number of guanidine groups is 1. The molecule has 0 saturated carbocycles. The van der Waals surface area contributed by atoms with Crippen LogP contribution >= 0.6 is 22.7 Å². The molecule has 0 unspecified atom stereocenters. The van der Waals surface area contributed by atoms with Crippen LogP contribution < -0.4 is 16.4 Å². The van der Waals surface area contributed by atoms with Gasteiger partial charge in [0.15, 0.2) is 16.2 Å². The maximum atomic E-state index is 9.29. The number of nitrogens with zero attached hydrogens (tertiary/aromatic N) is 2. The minimum Gasteiger partial charge on any atom is -0.508 e. The van der Waals surface area contributed by atoms with E-state index in [2.05, 4.69) is 20.6 Å². The Balaban J connectivity index is 1.80. The van der Waals surface area contributed by atoms with Crippen LogP contribution in [0.2, 0.25) is 0 Å². The number of phenolic OH excluding ortho intramolecular Hbond substituents is 1. The minimum atomic E-state index is -0.135. The van der Waals surface area contributed by atoms with Crippen LogP contribution in [-0.4, -0.2) is 21.0 Å². The third-order valence-corrected chi connectivity index (χ3v) is 5.05. The Labute approximate surface area is 140 Å². The van der Waals surface area contributed by atoms with Crippen molar-refractivity contribution in [1.29, 1.82) is 5.41 Å². The molecule has 0 atom stereocenters. The number of rotatable bonds is 4. The number of nitrogens with two attached hydrogens (primary N) is 1. The predicted molar refractivity (Wildman–Crippen MR) is 94.9 cm³/mol. The highest BCUT2D eigenvalue weighted by Crippen LogP contribution is 2.38. The number of aromatic hydroxyl groups is 1. The number of thiazole rings is 2. The quantitative estimate of drug-likeness (QED) is 0.281. The first-order valence-electron chi connectivity index (χ1n) is 6.62. The SMILES string of the molecule is Cc1nc(NC(=N)N)sc1-c1cnc(Nc2ccc(O)cc2)s1. The van der Waals surface area contributed by atoms with Crippen molar-refractivity contribution in [1.82, 2.24) is 9.97 Å². The van der Waals surface area contributed by atoms with Gasteiger partial charge in [-0.3, -0.25) is 5.41 Å². The Hall–Kier alpha value is -2.65. The van der Waals surface area contributed by atoms with Gasteiger partial charge in [-0.15, -0.1) is 0 Å². The number of aromatic nitrogens is 2. The molecule has 6 N–H and O–H groups in total. The van der Waals surface area contributed by atoms with Crippen LogP contribution in [-0.2, 0) is 0 Å². The molecule has 9 heteroatoms. The van der Waals surface area contributed by atoms with Crippen LogP contribution in [0.3, 0.4) is 0 Å². The summed E-state index contributed by atoms with van der Waals surface area (Å²) in [5.74, 6) is 0.0884. The summed E-state index contributed by atoms with van der Waals surface area (Å²) in [5.41, 5.74) is 7.03. The first-order valence-corrected chi connectivity index (χ1v) is 8.25. The Morgan fingerprint density at radius 1 is 1.22 bits per heavy atom. The van der Waals surface area contributed by atoms with Gasteiger partial charge >= 0.3 is 0 Å². The lowest BCUT2D eigenvalue weighted by atomic mass is 10.3. The van der Waals surface area contributed by atoms with E-state index in [9.17, 15) is 5.11 Å². The molecule has 0 spiro atoms. The Morgan fingerprint density at radius 2 is 1.96 bits per heavy atom. The summed E-state index contributed by atoms with van der Waals surface area (Å²) in [6.45, 7) is 1.91. The molecule has 7 nitrogen and oxygen atoms in total. The molecule has 0 fully saturated rings. The average molecular weight is 346 g/mol. The number of phenols is 1. The normalized spacial score (nSPS) is 10.5. The van der Waals surface area contributed by atoms with Gasteiger partial charge in [0.1, 0.15) is 5.75 Å². The van der Waals surface area contributed by atoms with E-state index in [0.717, 1.165) is 26.3 Å². The maximum absolute atomic E-state index is 9.29. The van der Waals surface area contributed by atoms with Crippen molar-refractivity contribution < 1.29 is 5.11 Å². The number of benzene rings is 1. The van der Waals surface area contributed by atoms with Crippen LogP contribution in [0.1, 0.15) is 5.69 Å². The molecule has 0 amide bonds. The lowest BCUT2D eigenvalue weighted by molar-refractivity contribution is 0.475. The molecular weight excluding hydrogens is 332 g/mol. The largest absolute Gasteiger partial charge is 0.508 e. The first kappa shape index (κ1) is 15.3. The van der Waals surface area contributed by atoms with E-state index < -0.39 is 0 Å². The minimum absolute atomic E-state index is 0.135. The van der Waals surface area contributed by atoms with Crippen molar-refractivity contribution in [3.8, 4) is 15.5 Å². The van der Waals surface area contributed by atoms with Crippen molar-refractivity contribution in [2.45, 2.75) is 6.92 Å². The van der Waals surface area contributed by atoms with Crippen molar-refractivity contribution in [2.24, 2.45) is 5.73 Å². The topological polar surface area (TPSA) is 120 Å². The van der Waals surface area contributed by atoms with Crippen LogP contribution in [0.5, 0.6) is 5.75 Å². The van der Waals surface area contributed by atoms with Crippen molar-refractivity contribution in [3.63, 3.8) is 0 Å². The Morgan fingerprint density at radius 3 is 2.65 bits per heavy atom. The molecule has 0 bridgehead atoms. The van der Waals surface area contributed by atoms with E-state index in [4.69, 9.17) is 11.1 Å². The van der Waals surface area contributed by atoms with Gasteiger partial charge in [0.05, 0.1) is 15.4 Å². The number of nitrogens with one attached hydrogen (secondary N) is 3. The Bertz CT molecular complexity index is 839. The lowest BCUT2D eigenvalue weighted by Gasteiger charge is -2.01. The van der Waals surface area contributed by atoms with Gasteiger partial charge in [0.25, 0.3) is 0 Å². The van der Waals surface area contributed by atoms with Gasteiger partial charge in [-0.1, -0.05) is 22.7 Å². The molecule has 0 radical (unpaired) electrons. The summed E-state index contributed by atoms with van der Waals surface area (Å²) in [6, 6.07) is 6.79. The summed E-state index contributed by atoms with van der Waals surface area (Å²) in [6.07, 6.45) is 1.78. The van der Waals surface area contributed by atoms with Gasteiger partial charge in [-0.25, -0.2) is 9.97 Å². The fraction of sp³-hybridized carbons (Fsp3) is 0.0714. The molecule has 0 aliphatic rings. The zero-order valence-corrected chi connectivity index (χ0v) is 13.8. The third kappa shape index (κ3) is 3.58. The summed E-state index contributed by atoms with van der Waals surface area (Å²) >= 11 is 2.93. The highest BCUT2D eigenvalue weighted by atomic mass is 32.1. The molecule has 2 aromatic heterocycles. The van der Waals surface area contributed by atoms with E-state index in [1.165, 1.54) is 22.7 Å². The second-order valence-corrected chi connectivity index (χ2v) is 6.70. The molecular formula is C14H14N6OS2. The highest BCUT2D eigenvalue weighted by molar-refractivity contribution is 7.25. The monoisotopic (exact) mass is 346 g/mol. The van der Waals surface area contributed by atoms with Gasteiger partial charge in [0.2, 0.25) is 0 Å². The Kier molecular flexibility index (Phi) is 4.13. The highest BCUT2D eigenvalue weighted by Gasteiger charge is 2.13. The zero-order chi connectivity index (χ0) is 16.4. The predicted octanol–water partition coefficient (Wildman–Crippen LogP) is 3.33. The third-order valence-electron chi connectivity index (χ3n) is 2.89. The molecule has 23 heavy (non-hydrogen) atoms. The van der Waals surface area contributed by atoms with Crippen LogP contribution in [0.25, 0.3) is 9.75 Å². The summed E-state index contributed by atoms with van der Waals surface area (Å²) < 4.78 is 0. The standard InChI is InChI=1S/C14H14N6OS2/c1-7-11(23-14(18-7)20-12(15)16)10-6-17-13(22-10)19-8-2-4-9(21)5-3-8/h2-6,21H,1H3,(H,17,19)(H4,15,16,18,20). The van der Waals surface area contributed by atoms with Gasteiger partial charge in [-0.05, 0) is 31.2 Å². The van der Waals surface area contributed by atoms with E-state index in [-0.39, 0.29) is 11.7 Å². The first-order chi connectivity index (χ1) is 11.0.